The number of rotatable bonds is 5. The van der Waals surface area contributed by atoms with Crippen molar-refractivity contribution in [1.29, 1.82) is 0 Å². The van der Waals surface area contributed by atoms with Crippen LogP contribution in [0.2, 0.25) is 0 Å². The molecule has 1 aliphatic rings. The summed E-state index contributed by atoms with van der Waals surface area (Å²) in [4.78, 5) is 0. The molecule has 118 valence electrons. The molecule has 0 aliphatic heterocycles. The second kappa shape index (κ2) is 5.30. The van der Waals surface area contributed by atoms with E-state index in [9.17, 15) is 4.39 Å². The van der Waals surface area contributed by atoms with Gasteiger partial charge in [0.1, 0.15) is 17.1 Å². The molecule has 0 N–H and O–H groups in total. The van der Waals surface area contributed by atoms with E-state index in [-0.39, 0.29) is 17.4 Å². The van der Waals surface area contributed by atoms with Crippen molar-refractivity contribution in [2.24, 2.45) is 0 Å². The van der Waals surface area contributed by atoms with Gasteiger partial charge in [-0.15, -0.1) is 5.10 Å². The van der Waals surface area contributed by atoms with E-state index in [1.54, 1.807) is 16.9 Å². The summed E-state index contributed by atoms with van der Waals surface area (Å²) in [5.74, 6) is -0.204. The Labute approximate surface area is 133 Å². The number of halogens is 1. The molecule has 0 spiro atoms. The van der Waals surface area contributed by atoms with Crippen LogP contribution >= 0.6 is 0 Å². The fourth-order valence-electron chi connectivity index (χ4n) is 3.18. The summed E-state index contributed by atoms with van der Waals surface area (Å²) in [5, 5.41) is 13.0. The van der Waals surface area contributed by atoms with Crippen LogP contribution in [0.25, 0.3) is 0 Å². The van der Waals surface area contributed by atoms with E-state index in [0.29, 0.717) is 5.56 Å². The van der Waals surface area contributed by atoms with Crippen LogP contribution in [0.15, 0.2) is 48.9 Å². The lowest BCUT2D eigenvalue weighted by Gasteiger charge is -2.16. The molecule has 1 atom stereocenters. The Morgan fingerprint density at radius 3 is 2.74 bits per heavy atom. The zero-order valence-corrected chi connectivity index (χ0v) is 12.9. The van der Waals surface area contributed by atoms with Crippen LogP contribution in [0.3, 0.4) is 0 Å². The van der Waals surface area contributed by atoms with Crippen molar-refractivity contribution in [2.75, 3.05) is 0 Å². The Kier molecular flexibility index (Phi) is 3.25. The molecule has 6 heteroatoms. The molecule has 2 heterocycles. The summed E-state index contributed by atoms with van der Waals surface area (Å²) >= 11 is 0. The van der Waals surface area contributed by atoms with E-state index in [1.807, 2.05) is 42.2 Å². The standard InChI is InChI=1S/C17H18FN5/c1-2-15(13-6-3-4-7-14(13)18)22-12-16(20-21-22)17(8-9-17)23-11-5-10-19-23/h3-7,10-12,15H,2,8-9H2,1H3/t15-/m1/s1. The molecule has 0 radical (unpaired) electrons. The van der Waals surface area contributed by atoms with Crippen molar-refractivity contribution in [3.05, 3.63) is 66.0 Å². The first-order chi connectivity index (χ1) is 11.2. The predicted octanol–water partition coefficient (Wildman–Crippen LogP) is 3.15. The first kappa shape index (κ1) is 14.1. The first-order valence-corrected chi connectivity index (χ1v) is 7.91. The van der Waals surface area contributed by atoms with Crippen molar-refractivity contribution in [3.63, 3.8) is 0 Å². The van der Waals surface area contributed by atoms with E-state index in [4.69, 9.17) is 0 Å². The lowest BCUT2D eigenvalue weighted by molar-refractivity contribution is 0.468. The molecule has 0 saturated heterocycles. The maximum absolute atomic E-state index is 14.1. The molecule has 23 heavy (non-hydrogen) atoms. The molecule has 3 aromatic rings. The highest BCUT2D eigenvalue weighted by atomic mass is 19.1. The topological polar surface area (TPSA) is 48.5 Å². The normalized spacial score (nSPS) is 17.1. The Bertz CT molecular complexity index is 804. The zero-order chi connectivity index (χ0) is 15.9. The van der Waals surface area contributed by atoms with Gasteiger partial charge in [-0.05, 0) is 31.4 Å². The molecular weight excluding hydrogens is 293 g/mol. The van der Waals surface area contributed by atoms with Crippen LogP contribution in [0.5, 0.6) is 0 Å². The molecule has 1 aliphatic carbocycles. The predicted molar refractivity (Wildman–Crippen MR) is 83.4 cm³/mol. The van der Waals surface area contributed by atoms with E-state index < -0.39 is 0 Å². The largest absolute Gasteiger partial charge is 0.260 e. The average molecular weight is 311 g/mol. The highest BCUT2D eigenvalue weighted by molar-refractivity contribution is 5.25. The van der Waals surface area contributed by atoms with E-state index >= 15 is 0 Å². The molecular formula is C17H18FN5. The van der Waals surface area contributed by atoms with Crippen molar-refractivity contribution in [1.82, 2.24) is 24.8 Å². The molecule has 0 bridgehead atoms. The van der Waals surface area contributed by atoms with E-state index in [0.717, 1.165) is 25.0 Å². The minimum atomic E-state index is -0.204. The second-order valence-electron chi connectivity index (χ2n) is 6.01. The van der Waals surface area contributed by atoms with Gasteiger partial charge in [-0.2, -0.15) is 5.10 Å². The van der Waals surface area contributed by atoms with Gasteiger partial charge in [-0.1, -0.05) is 30.3 Å². The number of hydrogen-bond donors (Lipinski definition) is 0. The van der Waals surface area contributed by atoms with Gasteiger partial charge in [0.25, 0.3) is 0 Å². The average Bonchev–Trinajstić information content (AvgIpc) is 3.01. The quantitative estimate of drug-likeness (QED) is 0.727. The van der Waals surface area contributed by atoms with Crippen molar-refractivity contribution in [2.45, 2.75) is 37.8 Å². The molecule has 4 rings (SSSR count). The highest BCUT2D eigenvalue weighted by Gasteiger charge is 2.49. The number of benzene rings is 1. The molecule has 1 fully saturated rings. The van der Waals surface area contributed by atoms with Gasteiger partial charge in [0.15, 0.2) is 0 Å². The van der Waals surface area contributed by atoms with Crippen LogP contribution in [-0.4, -0.2) is 24.8 Å². The molecule has 0 unspecified atom stereocenters. The van der Waals surface area contributed by atoms with Crippen LogP contribution in [-0.2, 0) is 5.54 Å². The molecule has 5 nitrogen and oxygen atoms in total. The lowest BCUT2D eigenvalue weighted by Crippen LogP contribution is -2.19. The molecule has 0 amide bonds. The molecule has 1 saturated carbocycles. The van der Waals surface area contributed by atoms with Crippen molar-refractivity contribution in [3.8, 4) is 0 Å². The summed E-state index contributed by atoms with van der Waals surface area (Å²) in [7, 11) is 0. The smallest absolute Gasteiger partial charge is 0.128 e. The van der Waals surface area contributed by atoms with Gasteiger partial charge in [-0.3, -0.25) is 4.68 Å². The van der Waals surface area contributed by atoms with Gasteiger partial charge in [0.2, 0.25) is 0 Å². The summed E-state index contributed by atoms with van der Waals surface area (Å²) in [6, 6.07) is 8.62. The van der Waals surface area contributed by atoms with E-state index in [2.05, 4.69) is 15.4 Å². The van der Waals surface area contributed by atoms with Crippen molar-refractivity contribution >= 4 is 0 Å². The maximum atomic E-state index is 14.1. The number of aromatic nitrogens is 5. The molecule has 2 aromatic heterocycles. The Morgan fingerprint density at radius 2 is 2.09 bits per heavy atom. The van der Waals surface area contributed by atoms with Gasteiger partial charge in [0, 0.05) is 18.0 Å². The van der Waals surface area contributed by atoms with Gasteiger partial charge in [0.05, 0.1) is 12.2 Å². The fraction of sp³-hybridized carbons (Fsp3) is 0.353. The van der Waals surface area contributed by atoms with Crippen molar-refractivity contribution < 1.29 is 4.39 Å². The monoisotopic (exact) mass is 311 g/mol. The highest BCUT2D eigenvalue weighted by Crippen LogP contribution is 2.48. The van der Waals surface area contributed by atoms with Crippen LogP contribution in [0, 0.1) is 5.82 Å². The third-order valence-corrected chi connectivity index (χ3v) is 4.62. The summed E-state index contributed by atoms with van der Waals surface area (Å²) < 4.78 is 17.8. The van der Waals surface area contributed by atoms with Gasteiger partial charge < -0.3 is 0 Å². The van der Waals surface area contributed by atoms with Gasteiger partial charge >= 0.3 is 0 Å². The Morgan fingerprint density at radius 1 is 1.26 bits per heavy atom. The molecule has 1 aromatic carbocycles. The third kappa shape index (κ3) is 2.25. The maximum Gasteiger partial charge on any atom is 0.128 e. The number of hydrogen-bond acceptors (Lipinski definition) is 3. The second-order valence-corrected chi connectivity index (χ2v) is 6.01. The first-order valence-electron chi connectivity index (χ1n) is 7.91. The van der Waals surface area contributed by atoms with Crippen LogP contribution in [0.4, 0.5) is 4.39 Å². The van der Waals surface area contributed by atoms with Gasteiger partial charge in [-0.25, -0.2) is 9.07 Å². The third-order valence-electron chi connectivity index (χ3n) is 4.62. The summed E-state index contributed by atoms with van der Waals surface area (Å²) in [6.45, 7) is 2.03. The fourth-order valence-corrected chi connectivity index (χ4v) is 3.18. The Hall–Kier alpha value is -2.50. The minimum Gasteiger partial charge on any atom is -0.260 e. The lowest BCUT2D eigenvalue weighted by atomic mass is 10.0. The summed E-state index contributed by atoms with van der Waals surface area (Å²) in [5.41, 5.74) is 1.38. The SMILES string of the molecule is CC[C@H](c1ccccc1F)n1cc(C2(n3cccn3)CC2)nn1. The van der Waals surface area contributed by atoms with Crippen LogP contribution in [0.1, 0.15) is 43.5 Å². The van der Waals surface area contributed by atoms with Crippen LogP contribution < -0.4 is 0 Å². The Balaban J connectivity index is 1.69. The number of nitrogens with zero attached hydrogens (tertiary/aromatic N) is 5. The zero-order valence-electron chi connectivity index (χ0n) is 12.9. The van der Waals surface area contributed by atoms with E-state index in [1.165, 1.54) is 6.07 Å². The summed E-state index contributed by atoms with van der Waals surface area (Å²) in [6.07, 6.45) is 8.43. The minimum absolute atomic E-state index is 0.147.